The van der Waals surface area contributed by atoms with Gasteiger partial charge in [0.1, 0.15) is 0 Å². The molecule has 1 aliphatic heterocycles. The summed E-state index contributed by atoms with van der Waals surface area (Å²) in [4.78, 5) is 16.4. The van der Waals surface area contributed by atoms with Crippen molar-refractivity contribution in [3.63, 3.8) is 0 Å². The van der Waals surface area contributed by atoms with E-state index < -0.39 is 0 Å². The van der Waals surface area contributed by atoms with E-state index >= 15 is 0 Å². The highest BCUT2D eigenvalue weighted by Crippen LogP contribution is 2.23. The second-order valence-electron chi connectivity index (χ2n) is 6.55. The summed E-state index contributed by atoms with van der Waals surface area (Å²) in [6, 6.07) is 8.78. The van der Waals surface area contributed by atoms with Gasteiger partial charge in [0.15, 0.2) is 0 Å². The van der Waals surface area contributed by atoms with Gasteiger partial charge in [-0.2, -0.15) is 0 Å². The molecule has 1 atom stereocenters. The maximum Gasteiger partial charge on any atom is 0.222 e. The first-order chi connectivity index (χ1) is 11.0. The lowest BCUT2D eigenvalue weighted by Gasteiger charge is -2.35. The third-order valence-corrected chi connectivity index (χ3v) is 4.27. The molecule has 1 saturated heterocycles. The number of hydrogen-bond acceptors (Lipinski definition) is 4. The van der Waals surface area contributed by atoms with Gasteiger partial charge in [-0.3, -0.25) is 9.69 Å². The quantitative estimate of drug-likeness (QED) is 0.870. The number of hydrogen-bond donors (Lipinski definition) is 1. The molecule has 0 aromatic heterocycles. The summed E-state index contributed by atoms with van der Waals surface area (Å²) in [5, 5.41) is 3.08. The average Bonchev–Trinajstić information content (AvgIpc) is 2.56. The second kappa shape index (κ2) is 8.31. The molecular formula is C18H29N3O2. The number of morpholine rings is 1. The topological polar surface area (TPSA) is 44.8 Å². The van der Waals surface area contributed by atoms with Crippen LogP contribution in [0, 0.1) is 5.92 Å². The van der Waals surface area contributed by atoms with E-state index in [2.05, 4.69) is 39.4 Å². The molecule has 1 heterocycles. The van der Waals surface area contributed by atoms with Crippen LogP contribution in [0.3, 0.4) is 0 Å². The van der Waals surface area contributed by atoms with Gasteiger partial charge in [-0.1, -0.05) is 26.0 Å². The Morgan fingerprint density at radius 2 is 1.83 bits per heavy atom. The van der Waals surface area contributed by atoms with Crippen LogP contribution in [0.15, 0.2) is 24.3 Å². The average molecular weight is 319 g/mol. The first kappa shape index (κ1) is 17.8. The highest BCUT2D eigenvalue weighted by molar-refractivity contribution is 5.77. The molecule has 23 heavy (non-hydrogen) atoms. The van der Waals surface area contributed by atoms with E-state index in [-0.39, 0.29) is 17.9 Å². The van der Waals surface area contributed by atoms with Gasteiger partial charge in [-0.25, -0.2) is 0 Å². The van der Waals surface area contributed by atoms with Crippen LogP contribution < -0.4 is 10.2 Å². The summed E-state index contributed by atoms with van der Waals surface area (Å²) in [5.41, 5.74) is 2.42. The minimum atomic E-state index is 0.0106. The SMILES string of the molecule is CC(C)C(=O)NC[C@H](c1ccc(N(C)C)cc1)N1CCOCC1. The number of amides is 1. The number of rotatable bonds is 6. The molecule has 1 aromatic carbocycles. The molecule has 1 amide bonds. The van der Waals surface area contributed by atoms with Crippen molar-refractivity contribution < 1.29 is 9.53 Å². The largest absolute Gasteiger partial charge is 0.379 e. The minimum absolute atomic E-state index is 0.0106. The third-order valence-electron chi connectivity index (χ3n) is 4.27. The molecule has 1 fully saturated rings. The summed E-state index contributed by atoms with van der Waals surface area (Å²) >= 11 is 0. The molecular weight excluding hydrogens is 290 g/mol. The molecule has 1 N–H and O–H groups in total. The first-order valence-corrected chi connectivity index (χ1v) is 8.36. The van der Waals surface area contributed by atoms with Crippen LogP contribution in [-0.4, -0.2) is 57.8 Å². The Labute approximate surface area is 139 Å². The molecule has 1 aromatic rings. The van der Waals surface area contributed by atoms with Crippen molar-refractivity contribution in [2.75, 3.05) is 51.8 Å². The lowest BCUT2D eigenvalue weighted by Crippen LogP contribution is -2.44. The summed E-state index contributed by atoms with van der Waals surface area (Å²) in [6.07, 6.45) is 0. The predicted octanol–water partition coefficient (Wildman–Crippen LogP) is 1.90. The molecule has 0 bridgehead atoms. The van der Waals surface area contributed by atoms with Gasteiger partial charge in [0.05, 0.1) is 19.3 Å². The van der Waals surface area contributed by atoms with Crippen LogP contribution in [0.5, 0.6) is 0 Å². The van der Waals surface area contributed by atoms with Crippen LogP contribution in [0.25, 0.3) is 0 Å². The highest BCUT2D eigenvalue weighted by atomic mass is 16.5. The first-order valence-electron chi connectivity index (χ1n) is 8.36. The van der Waals surface area contributed by atoms with E-state index in [9.17, 15) is 4.79 Å². The minimum Gasteiger partial charge on any atom is -0.379 e. The van der Waals surface area contributed by atoms with Crippen LogP contribution >= 0.6 is 0 Å². The summed E-state index contributed by atoms with van der Waals surface area (Å²) in [6.45, 7) is 7.79. The normalized spacial score (nSPS) is 17.1. The fourth-order valence-electron chi connectivity index (χ4n) is 2.74. The fraction of sp³-hybridized carbons (Fsp3) is 0.611. The van der Waals surface area contributed by atoms with Gasteiger partial charge >= 0.3 is 0 Å². The van der Waals surface area contributed by atoms with Gasteiger partial charge in [0, 0.05) is 45.3 Å². The van der Waals surface area contributed by atoms with Crippen molar-refractivity contribution in [2.45, 2.75) is 19.9 Å². The lowest BCUT2D eigenvalue weighted by molar-refractivity contribution is -0.124. The molecule has 0 radical (unpaired) electrons. The van der Waals surface area contributed by atoms with Crippen molar-refractivity contribution in [3.8, 4) is 0 Å². The van der Waals surface area contributed by atoms with E-state index in [1.807, 2.05) is 27.9 Å². The molecule has 0 aliphatic carbocycles. The van der Waals surface area contributed by atoms with E-state index in [0.29, 0.717) is 6.54 Å². The zero-order chi connectivity index (χ0) is 16.8. The third kappa shape index (κ3) is 4.94. The smallest absolute Gasteiger partial charge is 0.222 e. The van der Waals surface area contributed by atoms with Crippen molar-refractivity contribution >= 4 is 11.6 Å². The Bertz CT molecular complexity index is 493. The number of benzene rings is 1. The van der Waals surface area contributed by atoms with Gasteiger partial charge in [-0.15, -0.1) is 0 Å². The number of ether oxygens (including phenoxy) is 1. The van der Waals surface area contributed by atoms with Crippen molar-refractivity contribution in [1.29, 1.82) is 0 Å². The summed E-state index contributed by atoms with van der Waals surface area (Å²) < 4.78 is 5.46. The Balaban J connectivity index is 2.12. The van der Waals surface area contributed by atoms with Gasteiger partial charge in [0.2, 0.25) is 5.91 Å². The monoisotopic (exact) mass is 319 g/mol. The Morgan fingerprint density at radius 1 is 1.22 bits per heavy atom. The lowest BCUT2D eigenvalue weighted by atomic mass is 10.0. The number of nitrogens with one attached hydrogen (secondary N) is 1. The standard InChI is InChI=1S/C18H29N3O2/c1-14(2)18(22)19-13-17(21-9-11-23-12-10-21)15-5-7-16(8-6-15)20(3)4/h5-8,14,17H,9-13H2,1-4H3,(H,19,22)/t17-/m1/s1. The van der Waals surface area contributed by atoms with Gasteiger partial charge < -0.3 is 15.0 Å². The molecule has 5 nitrogen and oxygen atoms in total. The fourth-order valence-corrected chi connectivity index (χ4v) is 2.74. The Kier molecular flexibility index (Phi) is 6.42. The molecule has 128 valence electrons. The van der Waals surface area contributed by atoms with Crippen LogP contribution in [0.4, 0.5) is 5.69 Å². The number of nitrogens with zero attached hydrogens (tertiary/aromatic N) is 2. The zero-order valence-electron chi connectivity index (χ0n) is 14.7. The predicted molar refractivity (Wildman–Crippen MR) is 93.7 cm³/mol. The zero-order valence-corrected chi connectivity index (χ0v) is 14.7. The van der Waals surface area contributed by atoms with E-state index in [4.69, 9.17) is 4.74 Å². The molecule has 1 aliphatic rings. The molecule has 5 heteroatoms. The highest BCUT2D eigenvalue weighted by Gasteiger charge is 2.23. The van der Waals surface area contributed by atoms with Gasteiger partial charge in [0.25, 0.3) is 0 Å². The van der Waals surface area contributed by atoms with Crippen molar-refractivity contribution in [1.82, 2.24) is 10.2 Å². The number of anilines is 1. The maximum atomic E-state index is 11.9. The molecule has 0 saturated carbocycles. The van der Waals surface area contributed by atoms with Crippen LogP contribution in [0.2, 0.25) is 0 Å². The Morgan fingerprint density at radius 3 is 2.35 bits per heavy atom. The molecule has 0 spiro atoms. The van der Waals surface area contributed by atoms with Gasteiger partial charge in [-0.05, 0) is 17.7 Å². The van der Waals surface area contributed by atoms with Crippen molar-refractivity contribution in [2.24, 2.45) is 5.92 Å². The summed E-state index contributed by atoms with van der Waals surface area (Å²) in [7, 11) is 4.08. The maximum absolute atomic E-state index is 11.9. The van der Waals surface area contributed by atoms with Crippen LogP contribution in [-0.2, 0) is 9.53 Å². The van der Waals surface area contributed by atoms with E-state index in [1.54, 1.807) is 0 Å². The van der Waals surface area contributed by atoms with Crippen LogP contribution in [0.1, 0.15) is 25.5 Å². The number of carbonyl (C=O) groups excluding carboxylic acids is 1. The molecule has 2 rings (SSSR count). The summed E-state index contributed by atoms with van der Waals surface area (Å²) in [5.74, 6) is 0.115. The van der Waals surface area contributed by atoms with E-state index in [1.165, 1.54) is 11.3 Å². The van der Waals surface area contributed by atoms with Crippen molar-refractivity contribution in [3.05, 3.63) is 29.8 Å². The number of carbonyl (C=O) groups is 1. The second-order valence-corrected chi connectivity index (χ2v) is 6.55. The Hall–Kier alpha value is -1.59. The van der Waals surface area contributed by atoms with E-state index in [0.717, 1.165) is 26.3 Å². The molecule has 0 unspecified atom stereocenters.